The lowest BCUT2D eigenvalue weighted by molar-refractivity contribution is -0.116. The Morgan fingerprint density at radius 2 is 2.00 bits per heavy atom. The van der Waals surface area contributed by atoms with E-state index in [4.69, 9.17) is 34.8 Å². The Bertz CT molecular complexity index is 699. The number of thioether (sulfide) groups is 1. The molecule has 0 radical (unpaired) electrons. The predicted octanol–water partition coefficient (Wildman–Crippen LogP) is 4.50. The second-order valence-electron chi connectivity index (χ2n) is 5.40. The van der Waals surface area contributed by atoms with Gasteiger partial charge in [-0.25, -0.2) is 0 Å². The molecule has 2 unspecified atom stereocenters. The largest absolute Gasteiger partial charge is 0.359 e. The van der Waals surface area contributed by atoms with E-state index in [-0.39, 0.29) is 11.4 Å². The summed E-state index contributed by atoms with van der Waals surface area (Å²) in [4.78, 5) is 16.6. The van der Waals surface area contributed by atoms with Crippen molar-refractivity contribution >= 4 is 64.3 Å². The van der Waals surface area contributed by atoms with Gasteiger partial charge in [-0.2, -0.15) is 0 Å². The van der Waals surface area contributed by atoms with Crippen LogP contribution in [0.25, 0.3) is 6.08 Å². The minimum atomic E-state index is -1.68. The molecule has 0 bridgehead atoms. The first kappa shape index (κ1) is 20.2. The van der Waals surface area contributed by atoms with Gasteiger partial charge in [-0.05, 0) is 31.6 Å². The molecule has 0 saturated carbocycles. The average molecular weight is 419 g/mol. The molecule has 2 rings (SSSR count). The summed E-state index contributed by atoms with van der Waals surface area (Å²) in [6.07, 6.45) is 5.03. The summed E-state index contributed by atoms with van der Waals surface area (Å²) in [6, 6.07) is 9.47. The number of halogens is 3. The summed E-state index contributed by atoms with van der Waals surface area (Å²) in [6.45, 7) is 3.82. The fourth-order valence-corrected chi connectivity index (χ4v) is 3.81. The fourth-order valence-electron chi connectivity index (χ4n) is 2.10. The maximum absolute atomic E-state index is 12.2. The van der Waals surface area contributed by atoms with Crippen LogP contribution in [-0.4, -0.2) is 26.3 Å². The Morgan fingerprint density at radius 3 is 2.60 bits per heavy atom. The number of carbonyl (C=O) groups is 1. The van der Waals surface area contributed by atoms with Gasteiger partial charge in [-0.15, -0.1) is 0 Å². The van der Waals surface area contributed by atoms with Crippen LogP contribution in [0.4, 0.5) is 0 Å². The highest BCUT2D eigenvalue weighted by Gasteiger charge is 2.36. The standard InChI is InChI=1S/C17H18Cl3N3OS/c1-11-10-12(2)22-16(21-11)25-15(17(18,19)20)23-14(24)9-8-13-6-4-3-5-7-13/h3-10,15-16,21H,1-2H3,(H,23,24)/b9-8+. The van der Waals surface area contributed by atoms with Crippen molar-refractivity contribution in [1.29, 1.82) is 0 Å². The number of aliphatic imine (C=N–C) groups is 1. The van der Waals surface area contributed by atoms with Crippen LogP contribution in [0.1, 0.15) is 19.4 Å². The van der Waals surface area contributed by atoms with E-state index in [0.29, 0.717) is 0 Å². The molecule has 1 amide bonds. The van der Waals surface area contributed by atoms with Crippen molar-refractivity contribution in [2.75, 3.05) is 0 Å². The second kappa shape index (κ2) is 8.99. The molecule has 1 aromatic carbocycles. The number of alkyl halides is 3. The van der Waals surface area contributed by atoms with Gasteiger partial charge in [-0.3, -0.25) is 9.79 Å². The van der Waals surface area contributed by atoms with Crippen LogP contribution in [0, 0.1) is 0 Å². The summed E-state index contributed by atoms with van der Waals surface area (Å²) in [7, 11) is 0. The van der Waals surface area contributed by atoms with Crippen LogP contribution in [0.5, 0.6) is 0 Å². The number of hydrogen-bond donors (Lipinski definition) is 2. The van der Waals surface area contributed by atoms with Crippen molar-refractivity contribution in [2.45, 2.75) is 28.5 Å². The summed E-state index contributed by atoms with van der Waals surface area (Å²) >= 11 is 19.3. The molecule has 1 aliphatic rings. The van der Waals surface area contributed by atoms with Gasteiger partial charge in [0.15, 0.2) is 5.50 Å². The Hall–Kier alpha value is -1.14. The first-order valence-electron chi connectivity index (χ1n) is 7.49. The lowest BCUT2D eigenvalue weighted by Crippen LogP contribution is -2.43. The molecule has 25 heavy (non-hydrogen) atoms. The molecule has 0 fully saturated rings. The number of allylic oxidation sites excluding steroid dienone is 2. The maximum atomic E-state index is 12.2. The Labute approximate surface area is 166 Å². The normalized spacial score (nSPS) is 19.0. The Kier molecular flexibility index (Phi) is 7.25. The minimum Gasteiger partial charge on any atom is -0.359 e. The molecule has 1 aromatic rings. The summed E-state index contributed by atoms with van der Waals surface area (Å²) in [5.74, 6) is -0.351. The summed E-state index contributed by atoms with van der Waals surface area (Å²) in [5.41, 5.74) is 2.39. The molecule has 0 saturated heterocycles. The molecule has 2 atom stereocenters. The topological polar surface area (TPSA) is 53.5 Å². The van der Waals surface area contributed by atoms with Crippen LogP contribution < -0.4 is 10.6 Å². The van der Waals surface area contributed by atoms with E-state index in [1.54, 1.807) is 6.08 Å². The molecular weight excluding hydrogens is 401 g/mol. The van der Waals surface area contributed by atoms with Gasteiger partial charge in [0, 0.05) is 17.5 Å². The smallest absolute Gasteiger partial charge is 0.245 e. The number of hydrogen-bond acceptors (Lipinski definition) is 4. The van der Waals surface area contributed by atoms with E-state index in [2.05, 4.69) is 15.6 Å². The molecule has 1 heterocycles. The first-order chi connectivity index (χ1) is 11.7. The van der Waals surface area contributed by atoms with Crippen LogP contribution in [0.2, 0.25) is 0 Å². The molecule has 0 aromatic heterocycles. The van der Waals surface area contributed by atoms with Crippen molar-refractivity contribution in [3.63, 3.8) is 0 Å². The van der Waals surface area contributed by atoms with Gasteiger partial charge in [0.25, 0.3) is 0 Å². The molecule has 2 N–H and O–H groups in total. The van der Waals surface area contributed by atoms with Gasteiger partial charge in [-0.1, -0.05) is 76.9 Å². The van der Waals surface area contributed by atoms with Crippen molar-refractivity contribution in [3.05, 3.63) is 53.7 Å². The zero-order valence-electron chi connectivity index (χ0n) is 13.7. The number of nitrogens with zero attached hydrogens (tertiary/aromatic N) is 1. The number of amides is 1. The van der Waals surface area contributed by atoms with Gasteiger partial charge in [0.2, 0.25) is 9.70 Å². The predicted molar refractivity (Wildman–Crippen MR) is 109 cm³/mol. The third-order valence-corrected chi connectivity index (χ3v) is 5.43. The van der Waals surface area contributed by atoms with Crippen LogP contribution in [-0.2, 0) is 4.79 Å². The van der Waals surface area contributed by atoms with E-state index in [1.807, 2.05) is 50.3 Å². The van der Waals surface area contributed by atoms with Crippen molar-refractivity contribution < 1.29 is 4.79 Å². The molecule has 8 heteroatoms. The van der Waals surface area contributed by atoms with Crippen molar-refractivity contribution in [3.8, 4) is 0 Å². The van der Waals surface area contributed by atoms with E-state index in [9.17, 15) is 4.79 Å². The highest BCUT2D eigenvalue weighted by molar-refractivity contribution is 8.00. The number of carbonyl (C=O) groups excluding carboxylic acids is 1. The molecule has 1 aliphatic heterocycles. The second-order valence-corrected chi connectivity index (χ2v) is 8.96. The lowest BCUT2D eigenvalue weighted by Gasteiger charge is -2.29. The molecule has 0 aliphatic carbocycles. The number of benzene rings is 1. The van der Waals surface area contributed by atoms with E-state index in [1.165, 1.54) is 17.8 Å². The third kappa shape index (κ3) is 6.94. The van der Waals surface area contributed by atoms with Gasteiger partial charge >= 0.3 is 0 Å². The monoisotopic (exact) mass is 417 g/mol. The van der Waals surface area contributed by atoms with Gasteiger partial charge in [0.1, 0.15) is 5.37 Å². The zero-order valence-corrected chi connectivity index (χ0v) is 16.8. The maximum Gasteiger partial charge on any atom is 0.245 e. The third-order valence-electron chi connectivity index (χ3n) is 3.16. The molecule has 4 nitrogen and oxygen atoms in total. The number of rotatable bonds is 5. The number of nitrogens with one attached hydrogen (secondary N) is 2. The Balaban J connectivity index is 2.02. The minimum absolute atomic E-state index is 0.343. The quantitative estimate of drug-likeness (QED) is 0.420. The van der Waals surface area contributed by atoms with Crippen LogP contribution >= 0.6 is 46.6 Å². The molecular formula is C17H18Cl3N3OS. The van der Waals surface area contributed by atoms with Gasteiger partial charge < -0.3 is 10.6 Å². The molecule has 134 valence electrons. The van der Waals surface area contributed by atoms with Crippen molar-refractivity contribution in [1.82, 2.24) is 10.6 Å². The van der Waals surface area contributed by atoms with Gasteiger partial charge in [0.05, 0.1) is 0 Å². The zero-order chi connectivity index (χ0) is 18.4. The van der Waals surface area contributed by atoms with Crippen molar-refractivity contribution in [2.24, 2.45) is 4.99 Å². The molecule has 0 spiro atoms. The van der Waals surface area contributed by atoms with E-state index < -0.39 is 9.17 Å². The highest BCUT2D eigenvalue weighted by Crippen LogP contribution is 2.38. The van der Waals surface area contributed by atoms with Crippen LogP contribution in [0.3, 0.4) is 0 Å². The lowest BCUT2D eigenvalue weighted by atomic mass is 10.2. The summed E-state index contributed by atoms with van der Waals surface area (Å²) in [5, 5.41) is 5.12. The fraction of sp³-hybridized carbons (Fsp3) is 0.294. The summed E-state index contributed by atoms with van der Waals surface area (Å²) < 4.78 is -1.68. The highest BCUT2D eigenvalue weighted by atomic mass is 35.6. The SMILES string of the molecule is CC1=CC(C)=NC(SC(NC(=O)/C=C/c2ccccc2)C(Cl)(Cl)Cl)N1. The van der Waals surface area contributed by atoms with E-state index >= 15 is 0 Å². The van der Waals surface area contributed by atoms with Crippen LogP contribution in [0.15, 0.2) is 53.2 Å². The average Bonchev–Trinajstić information content (AvgIpc) is 2.51. The van der Waals surface area contributed by atoms with E-state index in [0.717, 1.165) is 17.0 Å². The first-order valence-corrected chi connectivity index (χ1v) is 9.57. The Morgan fingerprint density at radius 1 is 1.32 bits per heavy atom.